The number of anilines is 6. The lowest BCUT2D eigenvalue weighted by molar-refractivity contribution is 1.29. The van der Waals surface area contributed by atoms with Gasteiger partial charge in [0.15, 0.2) is 0 Å². The van der Waals surface area contributed by atoms with Crippen LogP contribution in [0.3, 0.4) is 0 Å². The minimum absolute atomic E-state index is 1.14. The van der Waals surface area contributed by atoms with Crippen LogP contribution in [0.2, 0.25) is 0 Å². The Kier molecular flexibility index (Phi) is 6.27. The van der Waals surface area contributed by atoms with Gasteiger partial charge < -0.3 is 9.80 Å². The molecular formula is C42H32N2. The molecule has 0 aliphatic rings. The fraction of sp³-hybridized carbons (Fsp3) is 0.0476. The second kappa shape index (κ2) is 10.6. The largest absolute Gasteiger partial charge is 0.310 e. The van der Waals surface area contributed by atoms with Crippen molar-refractivity contribution in [3.63, 3.8) is 0 Å². The van der Waals surface area contributed by atoms with E-state index >= 15 is 0 Å². The molecule has 0 aromatic heterocycles. The first-order chi connectivity index (χ1) is 21.7. The first-order valence-corrected chi connectivity index (χ1v) is 15.2. The van der Waals surface area contributed by atoms with E-state index in [0.29, 0.717) is 0 Å². The number of hydrogen-bond donors (Lipinski definition) is 0. The summed E-state index contributed by atoms with van der Waals surface area (Å²) in [4.78, 5) is 4.78. The van der Waals surface area contributed by atoms with Gasteiger partial charge in [-0.2, -0.15) is 0 Å². The van der Waals surface area contributed by atoms with Crippen LogP contribution in [-0.2, 0) is 0 Å². The Morgan fingerprint density at radius 1 is 0.318 bits per heavy atom. The van der Waals surface area contributed by atoms with Crippen LogP contribution >= 0.6 is 0 Å². The molecule has 8 aromatic carbocycles. The van der Waals surface area contributed by atoms with E-state index in [4.69, 9.17) is 0 Å². The number of hydrogen-bond acceptors (Lipinski definition) is 2. The molecule has 0 unspecified atom stereocenters. The molecule has 44 heavy (non-hydrogen) atoms. The molecule has 0 radical (unpaired) electrons. The van der Waals surface area contributed by atoms with E-state index in [0.717, 1.165) is 22.7 Å². The smallest absolute Gasteiger partial charge is 0.0540 e. The molecule has 0 heterocycles. The van der Waals surface area contributed by atoms with Gasteiger partial charge in [-0.15, -0.1) is 0 Å². The van der Waals surface area contributed by atoms with Crippen molar-refractivity contribution in [1.82, 2.24) is 0 Å². The maximum Gasteiger partial charge on any atom is 0.0540 e. The number of nitrogens with zero attached hydrogens (tertiary/aromatic N) is 2. The zero-order chi connectivity index (χ0) is 29.6. The molecule has 8 aromatic rings. The minimum Gasteiger partial charge on any atom is -0.310 e. The van der Waals surface area contributed by atoms with E-state index in [1.165, 1.54) is 54.8 Å². The molecule has 0 saturated carbocycles. The molecule has 0 amide bonds. The quantitative estimate of drug-likeness (QED) is 0.185. The zero-order valence-electron chi connectivity index (χ0n) is 24.9. The normalized spacial score (nSPS) is 11.4. The van der Waals surface area contributed by atoms with Crippen molar-refractivity contribution in [2.45, 2.75) is 13.8 Å². The van der Waals surface area contributed by atoms with Crippen LogP contribution in [0.15, 0.2) is 158 Å². The van der Waals surface area contributed by atoms with Gasteiger partial charge in [0.2, 0.25) is 0 Å². The lowest BCUT2D eigenvalue weighted by atomic mass is 9.87. The summed E-state index contributed by atoms with van der Waals surface area (Å²) in [5.74, 6) is 0. The average Bonchev–Trinajstić information content (AvgIpc) is 3.08. The highest BCUT2D eigenvalue weighted by atomic mass is 15.1. The maximum absolute atomic E-state index is 2.39. The van der Waals surface area contributed by atoms with Crippen LogP contribution in [0, 0.1) is 13.8 Å². The Balaban J connectivity index is 1.47. The van der Waals surface area contributed by atoms with Gasteiger partial charge in [-0.25, -0.2) is 0 Å². The molecular weight excluding hydrogens is 532 g/mol. The summed E-state index contributed by atoms with van der Waals surface area (Å²) in [5.41, 5.74) is 9.48. The minimum atomic E-state index is 1.14. The molecule has 0 atom stereocenters. The summed E-state index contributed by atoms with van der Waals surface area (Å²) in [6.07, 6.45) is 0. The number of benzene rings is 8. The third-order valence-corrected chi connectivity index (χ3v) is 8.81. The highest BCUT2D eigenvalue weighted by Gasteiger charge is 2.23. The Bertz CT molecular complexity index is 1980. The SMILES string of the molecule is Cc1cc2c(N(c3ccccc3)c3ccccc3)ccc3c(C)cc4c(N(c5ccccc5)c5ccccc5)ccc1c4c32. The first kappa shape index (κ1) is 26.1. The summed E-state index contributed by atoms with van der Waals surface area (Å²) < 4.78 is 0. The van der Waals surface area contributed by atoms with Crippen molar-refractivity contribution in [3.8, 4) is 0 Å². The van der Waals surface area contributed by atoms with Crippen molar-refractivity contribution in [3.05, 3.63) is 169 Å². The predicted molar refractivity (Wildman–Crippen MR) is 189 cm³/mol. The van der Waals surface area contributed by atoms with E-state index in [1.54, 1.807) is 0 Å². The Labute approximate surface area is 258 Å². The third-order valence-electron chi connectivity index (χ3n) is 8.81. The number of para-hydroxylation sites is 4. The second-order valence-corrected chi connectivity index (χ2v) is 11.5. The van der Waals surface area contributed by atoms with Crippen molar-refractivity contribution in [2.75, 3.05) is 9.80 Å². The maximum atomic E-state index is 2.39. The van der Waals surface area contributed by atoms with Crippen molar-refractivity contribution in [2.24, 2.45) is 0 Å². The monoisotopic (exact) mass is 564 g/mol. The molecule has 0 fully saturated rings. The van der Waals surface area contributed by atoms with E-state index in [2.05, 4.69) is 181 Å². The molecule has 210 valence electrons. The Morgan fingerprint density at radius 2 is 0.614 bits per heavy atom. The Morgan fingerprint density at radius 3 is 0.909 bits per heavy atom. The highest BCUT2D eigenvalue weighted by molar-refractivity contribution is 6.29. The summed E-state index contributed by atoms with van der Waals surface area (Å²) >= 11 is 0. The Hall–Kier alpha value is -5.60. The molecule has 0 saturated heterocycles. The summed E-state index contributed by atoms with van der Waals surface area (Å²) in [7, 11) is 0. The molecule has 2 nitrogen and oxygen atoms in total. The van der Waals surface area contributed by atoms with Gasteiger partial charge >= 0.3 is 0 Å². The molecule has 0 aliphatic heterocycles. The van der Waals surface area contributed by atoms with E-state index in [1.807, 2.05) is 0 Å². The lowest BCUT2D eigenvalue weighted by Gasteiger charge is -2.30. The molecule has 8 rings (SSSR count). The molecule has 2 heteroatoms. The topological polar surface area (TPSA) is 6.48 Å². The number of aryl methyl sites for hydroxylation is 2. The summed E-state index contributed by atoms with van der Waals surface area (Å²) in [6.45, 7) is 4.50. The predicted octanol–water partition coefficient (Wildman–Crippen LogP) is 12.1. The van der Waals surface area contributed by atoms with Crippen molar-refractivity contribution < 1.29 is 0 Å². The number of rotatable bonds is 6. The standard InChI is InChI=1S/C42H32N2/c1-29-27-37-39(43(31-15-7-3-8-16-31)32-17-9-4-10-18-32)26-24-36-30(2)28-38-40(25-23-35(29)41(38)42(36)37)44(33-19-11-5-12-20-33)34-21-13-6-14-22-34/h3-28H,1-2H3. The molecule has 0 spiro atoms. The highest BCUT2D eigenvalue weighted by Crippen LogP contribution is 2.48. The van der Waals surface area contributed by atoms with Gasteiger partial charge in [0.25, 0.3) is 0 Å². The van der Waals surface area contributed by atoms with Crippen LogP contribution in [0.4, 0.5) is 34.1 Å². The van der Waals surface area contributed by atoms with Crippen LogP contribution in [0.5, 0.6) is 0 Å². The van der Waals surface area contributed by atoms with E-state index < -0.39 is 0 Å². The van der Waals surface area contributed by atoms with E-state index in [-0.39, 0.29) is 0 Å². The summed E-state index contributed by atoms with van der Waals surface area (Å²) in [6, 6.07) is 56.8. The van der Waals surface area contributed by atoms with Crippen LogP contribution < -0.4 is 9.80 Å². The zero-order valence-corrected chi connectivity index (χ0v) is 24.9. The van der Waals surface area contributed by atoms with E-state index in [9.17, 15) is 0 Å². The lowest BCUT2D eigenvalue weighted by Crippen LogP contribution is -2.11. The first-order valence-electron chi connectivity index (χ1n) is 15.2. The van der Waals surface area contributed by atoms with Gasteiger partial charge in [-0.05, 0) is 119 Å². The second-order valence-electron chi connectivity index (χ2n) is 11.5. The van der Waals surface area contributed by atoms with Crippen LogP contribution in [0.1, 0.15) is 11.1 Å². The van der Waals surface area contributed by atoms with Crippen LogP contribution in [0.25, 0.3) is 32.3 Å². The van der Waals surface area contributed by atoms with Gasteiger partial charge in [0.1, 0.15) is 0 Å². The fourth-order valence-corrected chi connectivity index (χ4v) is 6.85. The fourth-order valence-electron chi connectivity index (χ4n) is 6.85. The van der Waals surface area contributed by atoms with Gasteiger partial charge in [0.05, 0.1) is 11.4 Å². The van der Waals surface area contributed by atoms with Gasteiger partial charge in [0, 0.05) is 33.5 Å². The third kappa shape index (κ3) is 4.19. The summed E-state index contributed by atoms with van der Waals surface area (Å²) in [5, 5.41) is 7.75. The molecule has 0 bridgehead atoms. The average molecular weight is 565 g/mol. The molecule has 0 aliphatic carbocycles. The van der Waals surface area contributed by atoms with Crippen LogP contribution in [-0.4, -0.2) is 0 Å². The van der Waals surface area contributed by atoms with Gasteiger partial charge in [-0.3, -0.25) is 0 Å². The van der Waals surface area contributed by atoms with Crippen molar-refractivity contribution in [1.29, 1.82) is 0 Å². The molecule has 0 N–H and O–H groups in total. The van der Waals surface area contributed by atoms with Gasteiger partial charge in [-0.1, -0.05) is 84.9 Å². The van der Waals surface area contributed by atoms with Crippen molar-refractivity contribution >= 4 is 66.4 Å².